The number of phenolic OH excluding ortho intramolecular Hbond substituents is 1. The van der Waals surface area contributed by atoms with Gasteiger partial charge >= 0.3 is 5.69 Å². The SMILES string of the molecule is CSC(=Nc1cc(Cl)cc([N+](=O)[O-])c1O)NC#N. The quantitative estimate of drug-likeness (QED) is 0.216. The van der Waals surface area contributed by atoms with Gasteiger partial charge in [-0.15, -0.1) is 0 Å². The summed E-state index contributed by atoms with van der Waals surface area (Å²) >= 11 is 6.80. The standard InChI is InChI=1S/C9H7ClN4O3S/c1-18-9(12-4-11)13-6-2-5(10)3-7(8(6)15)14(16)17/h2-3,15H,1H3,(H,12,13). The maximum absolute atomic E-state index is 10.7. The van der Waals surface area contributed by atoms with Crippen LogP contribution >= 0.6 is 23.4 Å². The number of rotatable bonds is 2. The lowest BCUT2D eigenvalue weighted by atomic mass is 10.2. The number of hydrogen-bond donors (Lipinski definition) is 2. The lowest BCUT2D eigenvalue weighted by molar-refractivity contribution is -0.385. The lowest BCUT2D eigenvalue weighted by Crippen LogP contribution is -2.12. The molecule has 7 nitrogen and oxygen atoms in total. The molecular formula is C9H7ClN4O3S. The molecule has 0 radical (unpaired) electrons. The van der Waals surface area contributed by atoms with Crippen molar-refractivity contribution in [2.24, 2.45) is 4.99 Å². The van der Waals surface area contributed by atoms with E-state index in [1.54, 1.807) is 12.4 Å². The van der Waals surface area contributed by atoms with Gasteiger partial charge in [0, 0.05) is 11.1 Å². The number of aromatic hydroxyl groups is 1. The molecule has 0 atom stereocenters. The third kappa shape index (κ3) is 3.26. The predicted molar refractivity (Wildman–Crippen MR) is 69.1 cm³/mol. The monoisotopic (exact) mass is 286 g/mol. The summed E-state index contributed by atoms with van der Waals surface area (Å²) in [7, 11) is 0. The van der Waals surface area contributed by atoms with Crippen molar-refractivity contribution >= 4 is 39.9 Å². The third-order valence-electron chi connectivity index (χ3n) is 1.81. The fourth-order valence-electron chi connectivity index (χ4n) is 1.08. The van der Waals surface area contributed by atoms with Gasteiger partial charge in [0.2, 0.25) is 5.75 Å². The Hall–Kier alpha value is -1.98. The zero-order valence-electron chi connectivity index (χ0n) is 9.05. The molecule has 0 aliphatic heterocycles. The van der Waals surface area contributed by atoms with Crippen LogP contribution in [-0.4, -0.2) is 21.5 Å². The van der Waals surface area contributed by atoms with E-state index in [-0.39, 0.29) is 15.9 Å². The van der Waals surface area contributed by atoms with E-state index in [2.05, 4.69) is 10.3 Å². The number of hydrogen-bond acceptors (Lipinski definition) is 6. The molecule has 0 fully saturated rings. The van der Waals surface area contributed by atoms with E-state index in [1.807, 2.05) is 0 Å². The maximum Gasteiger partial charge on any atom is 0.314 e. The number of nitro groups is 1. The normalized spacial score (nSPS) is 10.8. The Bertz CT molecular complexity index is 555. The van der Waals surface area contributed by atoms with Crippen molar-refractivity contribution in [1.82, 2.24) is 5.32 Å². The Morgan fingerprint density at radius 1 is 1.72 bits per heavy atom. The van der Waals surface area contributed by atoms with Crippen LogP contribution in [0.4, 0.5) is 11.4 Å². The van der Waals surface area contributed by atoms with Crippen LogP contribution in [0, 0.1) is 21.6 Å². The van der Waals surface area contributed by atoms with E-state index in [4.69, 9.17) is 16.9 Å². The van der Waals surface area contributed by atoms with Gasteiger partial charge in [-0.1, -0.05) is 23.4 Å². The fourth-order valence-corrected chi connectivity index (χ4v) is 1.62. The molecule has 0 unspecified atom stereocenters. The number of amidine groups is 1. The highest BCUT2D eigenvalue weighted by atomic mass is 35.5. The molecule has 0 bridgehead atoms. The van der Waals surface area contributed by atoms with Crippen LogP contribution < -0.4 is 5.32 Å². The van der Waals surface area contributed by atoms with Crippen LogP contribution in [0.3, 0.4) is 0 Å². The van der Waals surface area contributed by atoms with E-state index in [1.165, 1.54) is 6.07 Å². The number of nitriles is 1. The Labute approximate surface area is 111 Å². The van der Waals surface area contributed by atoms with Crippen molar-refractivity contribution in [1.29, 1.82) is 5.26 Å². The minimum Gasteiger partial charge on any atom is -0.501 e. The summed E-state index contributed by atoms with van der Waals surface area (Å²) in [4.78, 5) is 13.8. The summed E-state index contributed by atoms with van der Waals surface area (Å²) in [6, 6.07) is 2.28. The first-order valence-electron chi connectivity index (χ1n) is 4.44. The number of benzene rings is 1. The van der Waals surface area contributed by atoms with Gasteiger partial charge in [-0.2, -0.15) is 5.26 Å². The zero-order chi connectivity index (χ0) is 13.7. The molecule has 18 heavy (non-hydrogen) atoms. The number of nitrogens with one attached hydrogen (secondary N) is 1. The number of aliphatic imine (C=N–C) groups is 1. The van der Waals surface area contributed by atoms with E-state index in [0.29, 0.717) is 0 Å². The smallest absolute Gasteiger partial charge is 0.314 e. The molecule has 0 aliphatic rings. The van der Waals surface area contributed by atoms with E-state index < -0.39 is 16.4 Å². The molecule has 0 amide bonds. The molecule has 0 aromatic heterocycles. The zero-order valence-corrected chi connectivity index (χ0v) is 10.6. The number of halogens is 1. The van der Waals surface area contributed by atoms with Crippen molar-refractivity contribution in [3.63, 3.8) is 0 Å². The molecule has 1 rings (SSSR count). The molecule has 0 aliphatic carbocycles. The number of phenols is 1. The van der Waals surface area contributed by atoms with Gasteiger partial charge < -0.3 is 5.11 Å². The molecule has 0 saturated carbocycles. The van der Waals surface area contributed by atoms with Gasteiger partial charge in [-0.25, -0.2) is 4.99 Å². The highest BCUT2D eigenvalue weighted by Gasteiger charge is 2.18. The van der Waals surface area contributed by atoms with Gasteiger partial charge in [0.25, 0.3) is 0 Å². The topological polar surface area (TPSA) is 112 Å². The van der Waals surface area contributed by atoms with E-state index >= 15 is 0 Å². The highest BCUT2D eigenvalue weighted by Crippen LogP contribution is 2.39. The molecule has 0 saturated heterocycles. The first-order valence-corrected chi connectivity index (χ1v) is 6.04. The van der Waals surface area contributed by atoms with E-state index in [0.717, 1.165) is 17.8 Å². The lowest BCUT2D eigenvalue weighted by Gasteiger charge is -2.03. The highest BCUT2D eigenvalue weighted by molar-refractivity contribution is 8.13. The van der Waals surface area contributed by atoms with Crippen LogP contribution in [0.15, 0.2) is 17.1 Å². The summed E-state index contributed by atoms with van der Waals surface area (Å²) in [6.07, 6.45) is 3.31. The van der Waals surface area contributed by atoms with Crippen LogP contribution in [-0.2, 0) is 0 Å². The molecule has 0 spiro atoms. The number of nitrogens with zero attached hydrogens (tertiary/aromatic N) is 3. The van der Waals surface area contributed by atoms with Crippen molar-refractivity contribution in [3.05, 3.63) is 27.3 Å². The second kappa shape index (κ2) is 6.09. The minimum absolute atomic E-state index is 0.0654. The van der Waals surface area contributed by atoms with Crippen molar-refractivity contribution in [3.8, 4) is 11.9 Å². The number of nitro benzene ring substituents is 1. The number of thioether (sulfide) groups is 1. The van der Waals surface area contributed by atoms with Crippen LogP contribution in [0.5, 0.6) is 5.75 Å². The first kappa shape index (κ1) is 14.1. The maximum atomic E-state index is 10.7. The molecule has 94 valence electrons. The van der Waals surface area contributed by atoms with Crippen molar-refractivity contribution < 1.29 is 10.0 Å². The van der Waals surface area contributed by atoms with Crippen LogP contribution in [0.1, 0.15) is 0 Å². The second-order valence-corrected chi connectivity index (χ2v) is 4.14. The predicted octanol–water partition coefficient (Wildman–Crippen LogP) is 2.37. The average molecular weight is 287 g/mol. The summed E-state index contributed by atoms with van der Waals surface area (Å²) in [6.45, 7) is 0. The van der Waals surface area contributed by atoms with Crippen molar-refractivity contribution in [2.45, 2.75) is 0 Å². The third-order valence-corrected chi connectivity index (χ3v) is 2.61. The van der Waals surface area contributed by atoms with Crippen molar-refractivity contribution in [2.75, 3.05) is 6.26 Å². The Kier molecular flexibility index (Phi) is 4.76. The summed E-state index contributed by atoms with van der Waals surface area (Å²) in [5.41, 5.74) is -0.625. The van der Waals surface area contributed by atoms with Gasteiger partial charge in [0.05, 0.1) is 4.92 Å². The Balaban J connectivity index is 3.33. The van der Waals surface area contributed by atoms with Gasteiger partial charge in [0.1, 0.15) is 5.69 Å². The fraction of sp³-hybridized carbons (Fsp3) is 0.111. The average Bonchev–Trinajstić information content (AvgIpc) is 2.32. The van der Waals surface area contributed by atoms with Gasteiger partial charge in [-0.05, 0) is 12.3 Å². The Morgan fingerprint density at radius 2 is 2.39 bits per heavy atom. The molecule has 9 heteroatoms. The largest absolute Gasteiger partial charge is 0.501 e. The summed E-state index contributed by atoms with van der Waals surface area (Å²) in [5, 5.41) is 31.3. The van der Waals surface area contributed by atoms with Gasteiger partial charge in [0.15, 0.2) is 11.4 Å². The first-order chi connectivity index (χ1) is 8.49. The van der Waals surface area contributed by atoms with E-state index in [9.17, 15) is 15.2 Å². The van der Waals surface area contributed by atoms with Crippen LogP contribution in [0.2, 0.25) is 5.02 Å². The molecule has 2 N–H and O–H groups in total. The summed E-state index contributed by atoms with van der Waals surface area (Å²) in [5.74, 6) is -0.601. The molecule has 1 aromatic carbocycles. The molecule has 1 aromatic rings. The minimum atomic E-state index is -0.767. The van der Waals surface area contributed by atoms with Gasteiger partial charge in [-0.3, -0.25) is 15.4 Å². The van der Waals surface area contributed by atoms with Crippen LogP contribution in [0.25, 0.3) is 0 Å². The second-order valence-electron chi connectivity index (χ2n) is 2.91. The molecular weight excluding hydrogens is 280 g/mol. The Morgan fingerprint density at radius 3 is 2.89 bits per heavy atom. The molecule has 0 heterocycles. The summed E-state index contributed by atoms with van der Waals surface area (Å²) < 4.78 is 0.